The highest BCUT2D eigenvalue weighted by atomic mass is 16.5. The predicted molar refractivity (Wildman–Crippen MR) is 70.6 cm³/mol. The van der Waals surface area contributed by atoms with E-state index in [-0.39, 0.29) is 5.56 Å². The number of H-pyrrole nitrogens is 1. The van der Waals surface area contributed by atoms with Crippen LogP contribution in [0.5, 0.6) is 5.75 Å². The van der Waals surface area contributed by atoms with Crippen molar-refractivity contribution >= 4 is 11.6 Å². The van der Waals surface area contributed by atoms with Gasteiger partial charge in [-0.3, -0.25) is 9.78 Å². The van der Waals surface area contributed by atoms with Crippen LogP contribution in [0.15, 0.2) is 29.1 Å². The molecule has 0 aliphatic rings. The SMILES string of the molecule is COc1ccc(C)cc1Nc1nc(C)cc(=O)[nH]1. The second kappa shape index (κ2) is 4.91. The molecule has 94 valence electrons. The molecule has 0 fully saturated rings. The van der Waals surface area contributed by atoms with E-state index in [9.17, 15) is 4.79 Å². The standard InChI is InChI=1S/C13H15N3O2/c1-8-4-5-11(18-3)10(6-8)15-13-14-9(2)7-12(17)16-13/h4-7H,1-3H3,(H2,14,15,16,17). The van der Waals surface area contributed by atoms with E-state index in [0.29, 0.717) is 17.4 Å². The van der Waals surface area contributed by atoms with Gasteiger partial charge in [0, 0.05) is 11.8 Å². The number of rotatable bonds is 3. The van der Waals surface area contributed by atoms with Crippen LogP contribution in [0.4, 0.5) is 11.6 Å². The quantitative estimate of drug-likeness (QED) is 0.869. The topological polar surface area (TPSA) is 67.0 Å². The number of hydrogen-bond donors (Lipinski definition) is 2. The fourth-order valence-corrected chi connectivity index (χ4v) is 1.69. The van der Waals surface area contributed by atoms with E-state index in [1.807, 2.05) is 25.1 Å². The Morgan fingerprint density at radius 3 is 2.72 bits per heavy atom. The molecule has 1 aromatic carbocycles. The van der Waals surface area contributed by atoms with Gasteiger partial charge in [0.15, 0.2) is 0 Å². The van der Waals surface area contributed by atoms with Gasteiger partial charge in [-0.15, -0.1) is 0 Å². The molecule has 0 bridgehead atoms. The van der Waals surface area contributed by atoms with Crippen LogP contribution in [0.25, 0.3) is 0 Å². The van der Waals surface area contributed by atoms with Crippen LogP contribution in [0.3, 0.4) is 0 Å². The number of ether oxygens (including phenoxy) is 1. The molecule has 2 N–H and O–H groups in total. The Kier molecular flexibility index (Phi) is 3.32. The fraction of sp³-hybridized carbons (Fsp3) is 0.231. The van der Waals surface area contributed by atoms with Crippen LogP contribution < -0.4 is 15.6 Å². The molecule has 0 saturated heterocycles. The third-order valence-corrected chi connectivity index (χ3v) is 2.48. The highest BCUT2D eigenvalue weighted by Crippen LogP contribution is 2.26. The summed E-state index contributed by atoms with van der Waals surface area (Å²) < 4.78 is 5.25. The van der Waals surface area contributed by atoms with Crippen molar-refractivity contribution < 1.29 is 4.74 Å². The Bertz CT molecular complexity index is 620. The Hall–Kier alpha value is -2.30. The van der Waals surface area contributed by atoms with Crippen molar-refractivity contribution in [2.24, 2.45) is 0 Å². The smallest absolute Gasteiger partial charge is 0.252 e. The van der Waals surface area contributed by atoms with Crippen molar-refractivity contribution in [1.82, 2.24) is 9.97 Å². The molecule has 0 atom stereocenters. The molecule has 2 rings (SSSR count). The minimum absolute atomic E-state index is 0.184. The van der Waals surface area contributed by atoms with Gasteiger partial charge in [0.25, 0.3) is 5.56 Å². The number of hydrogen-bond acceptors (Lipinski definition) is 4. The molecule has 2 aromatic rings. The van der Waals surface area contributed by atoms with Crippen molar-refractivity contribution in [3.05, 3.63) is 45.9 Å². The summed E-state index contributed by atoms with van der Waals surface area (Å²) in [5, 5.41) is 3.05. The van der Waals surface area contributed by atoms with Crippen LogP contribution >= 0.6 is 0 Å². The lowest BCUT2D eigenvalue weighted by atomic mass is 10.2. The molecular weight excluding hydrogens is 230 g/mol. The van der Waals surface area contributed by atoms with Gasteiger partial charge in [0.1, 0.15) is 5.75 Å². The fourth-order valence-electron chi connectivity index (χ4n) is 1.69. The van der Waals surface area contributed by atoms with E-state index in [2.05, 4.69) is 15.3 Å². The van der Waals surface area contributed by atoms with Crippen molar-refractivity contribution in [3.63, 3.8) is 0 Å². The maximum atomic E-state index is 11.4. The molecule has 0 saturated carbocycles. The van der Waals surface area contributed by atoms with Crippen LogP contribution in [0.2, 0.25) is 0 Å². The second-order valence-electron chi connectivity index (χ2n) is 4.06. The van der Waals surface area contributed by atoms with Crippen molar-refractivity contribution in [2.75, 3.05) is 12.4 Å². The van der Waals surface area contributed by atoms with Gasteiger partial charge in [0.05, 0.1) is 12.8 Å². The first-order valence-electron chi connectivity index (χ1n) is 5.58. The summed E-state index contributed by atoms with van der Waals surface area (Å²) in [6.07, 6.45) is 0. The number of nitrogens with one attached hydrogen (secondary N) is 2. The van der Waals surface area contributed by atoms with Crippen LogP contribution in [0.1, 0.15) is 11.3 Å². The molecule has 0 aliphatic carbocycles. The van der Waals surface area contributed by atoms with E-state index in [1.165, 1.54) is 6.07 Å². The van der Waals surface area contributed by atoms with Crippen LogP contribution in [-0.4, -0.2) is 17.1 Å². The zero-order valence-electron chi connectivity index (χ0n) is 10.6. The number of aryl methyl sites for hydroxylation is 2. The lowest BCUT2D eigenvalue weighted by molar-refractivity contribution is 0.416. The third-order valence-electron chi connectivity index (χ3n) is 2.48. The summed E-state index contributed by atoms with van der Waals surface area (Å²) in [6, 6.07) is 7.20. The summed E-state index contributed by atoms with van der Waals surface area (Å²) in [7, 11) is 1.60. The Balaban J connectivity index is 2.38. The first kappa shape index (κ1) is 12.2. The zero-order valence-corrected chi connectivity index (χ0v) is 10.6. The largest absolute Gasteiger partial charge is 0.495 e. The molecule has 0 unspecified atom stereocenters. The molecule has 5 heteroatoms. The van der Waals surface area contributed by atoms with E-state index < -0.39 is 0 Å². The van der Waals surface area contributed by atoms with Gasteiger partial charge < -0.3 is 10.1 Å². The molecule has 5 nitrogen and oxygen atoms in total. The van der Waals surface area contributed by atoms with Gasteiger partial charge in [-0.2, -0.15) is 0 Å². The van der Waals surface area contributed by atoms with Gasteiger partial charge in [-0.05, 0) is 31.5 Å². The molecular formula is C13H15N3O2. The number of methoxy groups -OCH3 is 1. The van der Waals surface area contributed by atoms with Crippen LogP contribution in [-0.2, 0) is 0 Å². The minimum Gasteiger partial charge on any atom is -0.495 e. The minimum atomic E-state index is -0.184. The predicted octanol–water partition coefficient (Wildman–Crippen LogP) is 2.14. The Morgan fingerprint density at radius 1 is 1.28 bits per heavy atom. The Labute approximate surface area is 105 Å². The molecule has 0 spiro atoms. The zero-order chi connectivity index (χ0) is 13.1. The average molecular weight is 245 g/mol. The Morgan fingerprint density at radius 2 is 2.06 bits per heavy atom. The molecule has 1 aromatic heterocycles. The van der Waals surface area contributed by atoms with Crippen LogP contribution in [0, 0.1) is 13.8 Å². The molecule has 0 radical (unpaired) electrons. The van der Waals surface area contributed by atoms with Crippen molar-refractivity contribution in [2.45, 2.75) is 13.8 Å². The van der Waals surface area contributed by atoms with E-state index in [0.717, 1.165) is 11.3 Å². The lowest BCUT2D eigenvalue weighted by Gasteiger charge is -2.11. The lowest BCUT2D eigenvalue weighted by Crippen LogP contribution is -2.10. The number of nitrogens with zero attached hydrogens (tertiary/aromatic N) is 1. The summed E-state index contributed by atoms with van der Waals surface area (Å²) in [4.78, 5) is 18.2. The highest BCUT2D eigenvalue weighted by Gasteiger charge is 2.05. The third kappa shape index (κ3) is 2.68. The van der Waals surface area contributed by atoms with Crippen molar-refractivity contribution in [3.8, 4) is 5.75 Å². The van der Waals surface area contributed by atoms with E-state index in [4.69, 9.17) is 4.74 Å². The number of anilines is 2. The number of benzene rings is 1. The molecule has 1 heterocycles. The van der Waals surface area contributed by atoms with Gasteiger partial charge in [0.2, 0.25) is 5.95 Å². The molecule has 0 aliphatic heterocycles. The van der Waals surface area contributed by atoms with Gasteiger partial charge in [-0.25, -0.2) is 4.98 Å². The second-order valence-corrected chi connectivity index (χ2v) is 4.06. The summed E-state index contributed by atoms with van der Waals surface area (Å²) >= 11 is 0. The normalized spacial score (nSPS) is 10.2. The van der Waals surface area contributed by atoms with Gasteiger partial charge >= 0.3 is 0 Å². The van der Waals surface area contributed by atoms with Gasteiger partial charge in [-0.1, -0.05) is 6.07 Å². The summed E-state index contributed by atoms with van der Waals surface area (Å²) in [6.45, 7) is 3.75. The van der Waals surface area contributed by atoms with E-state index >= 15 is 0 Å². The highest BCUT2D eigenvalue weighted by molar-refractivity contribution is 5.63. The average Bonchev–Trinajstić information content (AvgIpc) is 2.27. The maximum Gasteiger partial charge on any atom is 0.252 e. The summed E-state index contributed by atoms with van der Waals surface area (Å²) in [5.41, 5.74) is 2.34. The molecule has 0 amide bonds. The summed E-state index contributed by atoms with van der Waals surface area (Å²) in [5.74, 6) is 1.11. The first-order chi connectivity index (χ1) is 8.58. The molecule has 18 heavy (non-hydrogen) atoms. The number of aromatic amines is 1. The van der Waals surface area contributed by atoms with Crippen molar-refractivity contribution in [1.29, 1.82) is 0 Å². The maximum absolute atomic E-state index is 11.4. The number of aromatic nitrogens is 2. The van der Waals surface area contributed by atoms with E-state index in [1.54, 1.807) is 14.0 Å². The monoisotopic (exact) mass is 245 g/mol. The first-order valence-corrected chi connectivity index (χ1v) is 5.58.